The van der Waals surface area contributed by atoms with E-state index in [2.05, 4.69) is 27.8 Å². The van der Waals surface area contributed by atoms with E-state index in [9.17, 15) is 4.79 Å². The van der Waals surface area contributed by atoms with E-state index >= 15 is 0 Å². The maximum absolute atomic E-state index is 12.3. The Morgan fingerprint density at radius 2 is 2.04 bits per heavy atom. The van der Waals surface area contributed by atoms with Crippen molar-refractivity contribution in [1.82, 2.24) is 14.8 Å². The highest BCUT2D eigenvalue weighted by Crippen LogP contribution is 2.25. The minimum Gasteiger partial charge on any atom is -0.357 e. The first kappa shape index (κ1) is 15.9. The number of pyridine rings is 1. The Labute approximate surface area is 143 Å². The van der Waals surface area contributed by atoms with E-state index in [1.807, 2.05) is 19.1 Å². The topological polar surface area (TPSA) is 39.3 Å². The van der Waals surface area contributed by atoms with Crippen LogP contribution in [0.2, 0.25) is 0 Å². The van der Waals surface area contributed by atoms with Gasteiger partial charge in [-0.05, 0) is 45.4 Å². The van der Waals surface area contributed by atoms with E-state index in [1.165, 1.54) is 25.8 Å². The molecule has 1 atom stereocenters. The van der Waals surface area contributed by atoms with Gasteiger partial charge in [-0.2, -0.15) is 0 Å². The molecule has 2 aliphatic heterocycles. The largest absolute Gasteiger partial charge is 0.357 e. The van der Waals surface area contributed by atoms with Crippen LogP contribution in [0.1, 0.15) is 37.4 Å². The van der Waals surface area contributed by atoms with Crippen LogP contribution in [-0.2, 0) is 6.54 Å². The summed E-state index contributed by atoms with van der Waals surface area (Å²) in [5, 5.41) is 0.794. The molecule has 1 aromatic heterocycles. The highest BCUT2D eigenvalue weighted by Gasteiger charge is 2.34. The molecule has 1 aromatic carbocycles. The Balaban J connectivity index is 1.43. The van der Waals surface area contributed by atoms with Gasteiger partial charge in [0.05, 0.1) is 0 Å². The summed E-state index contributed by atoms with van der Waals surface area (Å²) in [6.45, 7) is 8.74. The third kappa shape index (κ3) is 3.01. The van der Waals surface area contributed by atoms with Crippen LogP contribution in [0.3, 0.4) is 0 Å². The summed E-state index contributed by atoms with van der Waals surface area (Å²) < 4.78 is 0. The van der Waals surface area contributed by atoms with Crippen molar-refractivity contribution in [2.45, 2.75) is 51.7 Å². The summed E-state index contributed by atoms with van der Waals surface area (Å²) in [7, 11) is 0. The lowest BCUT2D eigenvalue weighted by Crippen LogP contribution is -2.61. The molecule has 2 fully saturated rings. The third-order valence-electron chi connectivity index (χ3n) is 5.70. The Hall–Kier alpha value is -1.65. The summed E-state index contributed by atoms with van der Waals surface area (Å²) in [6.07, 6.45) is 4.07. The number of benzene rings is 1. The number of piperidine rings is 1. The van der Waals surface area contributed by atoms with Crippen LogP contribution in [0.25, 0.3) is 10.9 Å². The lowest BCUT2D eigenvalue weighted by Gasteiger charge is -2.49. The van der Waals surface area contributed by atoms with Crippen LogP contribution in [0, 0.1) is 6.92 Å². The average Bonchev–Trinajstić information content (AvgIpc) is 2.52. The van der Waals surface area contributed by atoms with E-state index in [4.69, 9.17) is 0 Å². The number of hydrogen-bond acceptors (Lipinski definition) is 3. The Bertz CT molecular complexity index is 791. The second-order valence-electron chi connectivity index (χ2n) is 7.64. The molecule has 128 valence electrons. The van der Waals surface area contributed by atoms with Gasteiger partial charge in [-0.25, -0.2) is 0 Å². The van der Waals surface area contributed by atoms with Gasteiger partial charge < -0.3 is 4.98 Å². The number of nitrogens with zero attached hydrogens (tertiary/aromatic N) is 2. The molecule has 0 bridgehead atoms. The fraction of sp³-hybridized carbons (Fsp3) is 0.550. The summed E-state index contributed by atoms with van der Waals surface area (Å²) >= 11 is 0. The first-order chi connectivity index (χ1) is 11.6. The lowest BCUT2D eigenvalue weighted by molar-refractivity contribution is -0.00670. The Kier molecular flexibility index (Phi) is 4.19. The monoisotopic (exact) mass is 325 g/mol. The SMILES string of the molecule is Cc1ccc2[nH]c(CN3CC(N4CCCC[C@@H]4C)C3)cc(=O)c2c1. The Morgan fingerprint density at radius 3 is 2.83 bits per heavy atom. The normalized spacial score (nSPS) is 23.5. The van der Waals surface area contributed by atoms with Gasteiger partial charge in [0, 0.05) is 54.4 Å². The van der Waals surface area contributed by atoms with Crippen molar-refractivity contribution in [1.29, 1.82) is 0 Å². The van der Waals surface area contributed by atoms with Crippen LogP contribution in [0.15, 0.2) is 29.1 Å². The zero-order chi connectivity index (χ0) is 16.7. The molecule has 0 spiro atoms. The molecular weight excluding hydrogens is 298 g/mol. The second-order valence-corrected chi connectivity index (χ2v) is 7.64. The number of likely N-dealkylation sites (tertiary alicyclic amines) is 2. The third-order valence-corrected chi connectivity index (χ3v) is 5.70. The minimum atomic E-state index is 0.129. The number of nitrogens with one attached hydrogen (secondary N) is 1. The van der Waals surface area contributed by atoms with Crippen molar-refractivity contribution in [2.75, 3.05) is 19.6 Å². The summed E-state index contributed by atoms with van der Waals surface area (Å²) in [6, 6.07) is 9.25. The van der Waals surface area contributed by atoms with Crippen molar-refractivity contribution >= 4 is 10.9 Å². The predicted molar refractivity (Wildman–Crippen MR) is 98.4 cm³/mol. The predicted octanol–water partition coefficient (Wildman–Crippen LogP) is 2.90. The van der Waals surface area contributed by atoms with Gasteiger partial charge in [-0.1, -0.05) is 18.1 Å². The molecule has 0 aliphatic carbocycles. The highest BCUT2D eigenvalue weighted by atomic mass is 16.1. The van der Waals surface area contributed by atoms with Crippen LogP contribution >= 0.6 is 0 Å². The summed E-state index contributed by atoms with van der Waals surface area (Å²) in [4.78, 5) is 20.9. The van der Waals surface area contributed by atoms with Crippen molar-refractivity contribution < 1.29 is 0 Å². The number of aromatic amines is 1. The molecular formula is C20H27N3O. The quantitative estimate of drug-likeness (QED) is 0.943. The van der Waals surface area contributed by atoms with Gasteiger partial charge in [0.1, 0.15) is 0 Å². The fourth-order valence-corrected chi connectivity index (χ4v) is 4.29. The number of aromatic nitrogens is 1. The number of aryl methyl sites for hydroxylation is 1. The smallest absolute Gasteiger partial charge is 0.189 e. The zero-order valence-corrected chi connectivity index (χ0v) is 14.7. The van der Waals surface area contributed by atoms with E-state index in [0.717, 1.165) is 47.8 Å². The number of fused-ring (bicyclic) bond motifs is 1. The molecule has 24 heavy (non-hydrogen) atoms. The molecule has 3 heterocycles. The van der Waals surface area contributed by atoms with Crippen molar-refractivity contribution in [3.05, 3.63) is 45.7 Å². The van der Waals surface area contributed by atoms with E-state index < -0.39 is 0 Å². The van der Waals surface area contributed by atoms with Crippen LogP contribution < -0.4 is 5.43 Å². The van der Waals surface area contributed by atoms with E-state index in [0.29, 0.717) is 6.04 Å². The van der Waals surface area contributed by atoms with Crippen LogP contribution in [0.4, 0.5) is 0 Å². The molecule has 2 aromatic rings. The van der Waals surface area contributed by atoms with Gasteiger partial charge >= 0.3 is 0 Å². The molecule has 1 N–H and O–H groups in total. The molecule has 0 saturated carbocycles. The van der Waals surface area contributed by atoms with Crippen LogP contribution in [-0.4, -0.2) is 46.5 Å². The van der Waals surface area contributed by atoms with Gasteiger partial charge in [-0.3, -0.25) is 14.6 Å². The van der Waals surface area contributed by atoms with E-state index in [-0.39, 0.29) is 5.43 Å². The fourth-order valence-electron chi connectivity index (χ4n) is 4.29. The average molecular weight is 325 g/mol. The summed E-state index contributed by atoms with van der Waals surface area (Å²) in [5.74, 6) is 0. The number of hydrogen-bond donors (Lipinski definition) is 1. The van der Waals surface area contributed by atoms with Crippen molar-refractivity contribution in [2.24, 2.45) is 0 Å². The van der Waals surface area contributed by atoms with Crippen molar-refractivity contribution in [3.63, 3.8) is 0 Å². The second kappa shape index (κ2) is 6.34. The summed E-state index contributed by atoms with van der Waals surface area (Å²) in [5.41, 5.74) is 3.23. The molecule has 0 amide bonds. The zero-order valence-electron chi connectivity index (χ0n) is 14.7. The molecule has 2 saturated heterocycles. The van der Waals surface area contributed by atoms with Gasteiger partial charge in [0.2, 0.25) is 0 Å². The Morgan fingerprint density at radius 1 is 1.21 bits per heavy atom. The lowest BCUT2D eigenvalue weighted by atomic mass is 9.97. The molecule has 4 rings (SSSR count). The standard InChI is InChI=1S/C20H27N3O/c1-14-6-7-19-18(9-14)20(24)10-16(21-19)11-22-12-17(13-22)23-8-4-3-5-15(23)2/h6-7,9-10,15,17H,3-5,8,11-13H2,1-2H3,(H,21,24)/t15-/m0/s1. The highest BCUT2D eigenvalue weighted by molar-refractivity contribution is 5.79. The van der Waals surface area contributed by atoms with Gasteiger partial charge in [0.15, 0.2) is 5.43 Å². The first-order valence-electron chi connectivity index (χ1n) is 9.21. The van der Waals surface area contributed by atoms with E-state index in [1.54, 1.807) is 6.07 Å². The molecule has 2 aliphatic rings. The number of H-pyrrole nitrogens is 1. The van der Waals surface area contributed by atoms with Crippen LogP contribution in [0.5, 0.6) is 0 Å². The molecule has 4 nitrogen and oxygen atoms in total. The molecule has 0 radical (unpaired) electrons. The first-order valence-corrected chi connectivity index (χ1v) is 9.21. The maximum atomic E-state index is 12.3. The maximum Gasteiger partial charge on any atom is 0.189 e. The van der Waals surface area contributed by atoms with Gasteiger partial charge in [0.25, 0.3) is 0 Å². The number of rotatable bonds is 3. The van der Waals surface area contributed by atoms with Crippen molar-refractivity contribution in [3.8, 4) is 0 Å². The molecule has 4 heteroatoms. The minimum absolute atomic E-state index is 0.129. The molecule has 0 unspecified atom stereocenters. The van der Waals surface area contributed by atoms with Gasteiger partial charge in [-0.15, -0.1) is 0 Å².